The maximum atomic E-state index is 10.9. The molecule has 0 bridgehead atoms. The van der Waals surface area contributed by atoms with Crippen LogP contribution in [0, 0.1) is 18.3 Å². The highest BCUT2D eigenvalue weighted by atomic mass is 32.2. The standard InChI is InChI=1S/C12H16N2O2S/c1-10-8-12(5-4-11(10)9-13)14-6-3-7-17(2,15)16/h4-5,8,14H,3,6-7H2,1-2H3. The summed E-state index contributed by atoms with van der Waals surface area (Å²) in [6.07, 6.45) is 1.82. The normalized spacial score (nSPS) is 10.9. The van der Waals surface area contributed by atoms with Gasteiger partial charge in [-0.15, -0.1) is 0 Å². The van der Waals surface area contributed by atoms with Gasteiger partial charge in [0.15, 0.2) is 0 Å². The maximum Gasteiger partial charge on any atom is 0.147 e. The van der Waals surface area contributed by atoms with Crippen LogP contribution >= 0.6 is 0 Å². The molecule has 0 spiro atoms. The van der Waals surface area contributed by atoms with Crippen molar-refractivity contribution >= 4 is 15.5 Å². The summed E-state index contributed by atoms with van der Waals surface area (Å²) in [4.78, 5) is 0. The van der Waals surface area contributed by atoms with E-state index < -0.39 is 9.84 Å². The fourth-order valence-electron chi connectivity index (χ4n) is 1.47. The van der Waals surface area contributed by atoms with Crippen molar-refractivity contribution in [3.05, 3.63) is 29.3 Å². The van der Waals surface area contributed by atoms with Gasteiger partial charge in [-0.05, 0) is 37.1 Å². The average Bonchev–Trinajstić information content (AvgIpc) is 2.23. The molecule has 0 unspecified atom stereocenters. The first kappa shape index (κ1) is 13.5. The number of nitrogens with one attached hydrogen (secondary N) is 1. The van der Waals surface area contributed by atoms with E-state index in [1.54, 1.807) is 6.07 Å². The summed E-state index contributed by atoms with van der Waals surface area (Å²) in [6.45, 7) is 2.48. The van der Waals surface area contributed by atoms with Crippen LogP contribution in [0.1, 0.15) is 17.5 Å². The van der Waals surface area contributed by atoms with Crippen molar-refractivity contribution in [3.8, 4) is 6.07 Å². The summed E-state index contributed by atoms with van der Waals surface area (Å²) in [5, 5.41) is 11.9. The lowest BCUT2D eigenvalue weighted by Gasteiger charge is -2.07. The van der Waals surface area contributed by atoms with E-state index in [4.69, 9.17) is 5.26 Å². The number of aryl methyl sites for hydroxylation is 1. The molecule has 92 valence electrons. The van der Waals surface area contributed by atoms with Gasteiger partial charge in [-0.1, -0.05) is 0 Å². The average molecular weight is 252 g/mol. The zero-order valence-electron chi connectivity index (χ0n) is 10.0. The van der Waals surface area contributed by atoms with E-state index in [-0.39, 0.29) is 5.75 Å². The summed E-state index contributed by atoms with van der Waals surface area (Å²) >= 11 is 0. The Kier molecular flexibility index (Phi) is 4.53. The molecule has 0 aliphatic rings. The molecule has 0 heterocycles. The number of hydrogen-bond donors (Lipinski definition) is 1. The zero-order valence-corrected chi connectivity index (χ0v) is 10.8. The fourth-order valence-corrected chi connectivity index (χ4v) is 2.13. The van der Waals surface area contributed by atoms with Gasteiger partial charge >= 0.3 is 0 Å². The van der Waals surface area contributed by atoms with Crippen LogP contribution in [0.5, 0.6) is 0 Å². The number of rotatable bonds is 5. The molecule has 0 saturated carbocycles. The molecule has 0 aliphatic carbocycles. The van der Waals surface area contributed by atoms with E-state index >= 15 is 0 Å². The Morgan fingerprint density at radius 3 is 2.65 bits per heavy atom. The fraction of sp³-hybridized carbons (Fsp3) is 0.417. The second kappa shape index (κ2) is 5.69. The Labute approximate surface area is 102 Å². The molecule has 1 aromatic carbocycles. The minimum Gasteiger partial charge on any atom is -0.385 e. The number of hydrogen-bond acceptors (Lipinski definition) is 4. The molecule has 0 amide bonds. The molecular formula is C12H16N2O2S. The molecular weight excluding hydrogens is 236 g/mol. The molecule has 1 rings (SSSR count). The highest BCUT2D eigenvalue weighted by Crippen LogP contribution is 2.14. The second-order valence-electron chi connectivity index (χ2n) is 4.05. The highest BCUT2D eigenvalue weighted by molar-refractivity contribution is 7.90. The predicted molar refractivity (Wildman–Crippen MR) is 68.7 cm³/mol. The monoisotopic (exact) mass is 252 g/mol. The molecule has 4 nitrogen and oxygen atoms in total. The van der Waals surface area contributed by atoms with E-state index in [9.17, 15) is 8.42 Å². The van der Waals surface area contributed by atoms with Gasteiger partial charge in [0, 0.05) is 18.5 Å². The molecule has 0 aliphatic heterocycles. The largest absolute Gasteiger partial charge is 0.385 e. The van der Waals surface area contributed by atoms with E-state index in [0.29, 0.717) is 18.5 Å². The van der Waals surface area contributed by atoms with Crippen molar-refractivity contribution in [2.75, 3.05) is 23.9 Å². The van der Waals surface area contributed by atoms with Gasteiger partial charge in [-0.25, -0.2) is 8.42 Å². The molecule has 0 saturated heterocycles. The maximum absolute atomic E-state index is 10.9. The minimum absolute atomic E-state index is 0.190. The second-order valence-corrected chi connectivity index (χ2v) is 6.31. The molecule has 0 fully saturated rings. The summed E-state index contributed by atoms with van der Waals surface area (Å²) in [5.74, 6) is 0.190. The first-order chi connectivity index (χ1) is 7.92. The third kappa shape index (κ3) is 4.87. The first-order valence-electron chi connectivity index (χ1n) is 5.35. The Bertz CT molecular complexity index is 530. The van der Waals surface area contributed by atoms with E-state index in [0.717, 1.165) is 11.3 Å². The lowest BCUT2D eigenvalue weighted by Crippen LogP contribution is -2.09. The van der Waals surface area contributed by atoms with Crippen molar-refractivity contribution in [3.63, 3.8) is 0 Å². The van der Waals surface area contributed by atoms with Gasteiger partial charge in [0.2, 0.25) is 0 Å². The third-order valence-electron chi connectivity index (χ3n) is 2.37. The van der Waals surface area contributed by atoms with Crippen LogP contribution in [-0.2, 0) is 9.84 Å². The van der Waals surface area contributed by atoms with Crippen LogP contribution in [0.3, 0.4) is 0 Å². The number of nitriles is 1. The molecule has 0 radical (unpaired) electrons. The minimum atomic E-state index is -2.88. The lowest BCUT2D eigenvalue weighted by molar-refractivity contribution is 0.600. The summed E-state index contributed by atoms with van der Waals surface area (Å²) in [7, 11) is -2.88. The summed E-state index contributed by atoms with van der Waals surface area (Å²) in [5.41, 5.74) is 2.49. The van der Waals surface area contributed by atoms with Gasteiger partial charge in [0.25, 0.3) is 0 Å². The Morgan fingerprint density at radius 2 is 2.12 bits per heavy atom. The summed E-state index contributed by atoms with van der Waals surface area (Å²) < 4.78 is 21.8. The van der Waals surface area contributed by atoms with Gasteiger partial charge in [-0.3, -0.25) is 0 Å². The van der Waals surface area contributed by atoms with Gasteiger partial charge in [-0.2, -0.15) is 5.26 Å². The van der Waals surface area contributed by atoms with Crippen molar-refractivity contribution in [2.24, 2.45) is 0 Å². The smallest absolute Gasteiger partial charge is 0.147 e. The molecule has 0 aromatic heterocycles. The van der Waals surface area contributed by atoms with Crippen LogP contribution in [-0.4, -0.2) is 27.0 Å². The number of benzene rings is 1. The lowest BCUT2D eigenvalue weighted by atomic mass is 10.1. The van der Waals surface area contributed by atoms with Crippen LogP contribution in [0.25, 0.3) is 0 Å². The van der Waals surface area contributed by atoms with Gasteiger partial charge in [0.1, 0.15) is 9.84 Å². The van der Waals surface area contributed by atoms with Crippen molar-refractivity contribution in [2.45, 2.75) is 13.3 Å². The van der Waals surface area contributed by atoms with Gasteiger partial charge in [0.05, 0.1) is 17.4 Å². The Morgan fingerprint density at radius 1 is 1.41 bits per heavy atom. The van der Waals surface area contributed by atoms with Gasteiger partial charge < -0.3 is 5.32 Å². The van der Waals surface area contributed by atoms with Crippen molar-refractivity contribution in [1.29, 1.82) is 5.26 Å². The Balaban J connectivity index is 2.48. The van der Waals surface area contributed by atoms with Crippen LogP contribution < -0.4 is 5.32 Å². The molecule has 1 N–H and O–H groups in total. The molecule has 1 aromatic rings. The predicted octanol–water partition coefficient (Wildman–Crippen LogP) is 1.71. The van der Waals surface area contributed by atoms with Crippen LogP contribution in [0.2, 0.25) is 0 Å². The summed E-state index contributed by atoms with van der Waals surface area (Å²) in [6, 6.07) is 7.57. The number of anilines is 1. The van der Waals surface area contributed by atoms with Crippen molar-refractivity contribution < 1.29 is 8.42 Å². The number of nitrogens with zero attached hydrogens (tertiary/aromatic N) is 1. The first-order valence-corrected chi connectivity index (χ1v) is 7.41. The number of sulfone groups is 1. The highest BCUT2D eigenvalue weighted by Gasteiger charge is 2.02. The van der Waals surface area contributed by atoms with Crippen LogP contribution in [0.15, 0.2) is 18.2 Å². The van der Waals surface area contributed by atoms with Crippen LogP contribution in [0.4, 0.5) is 5.69 Å². The van der Waals surface area contributed by atoms with Crippen molar-refractivity contribution in [1.82, 2.24) is 0 Å². The molecule has 17 heavy (non-hydrogen) atoms. The zero-order chi connectivity index (χ0) is 12.9. The molecule has 5 heteroatoms. The van der Waals surface area contributed by atoms with E-state index in [1.165, 1.54) is 6.26 Å². The third-order valence-corrected chi connectivity index (χ3v) is 3.40. The van der Waals surface area contributed by atoms with E-state index in [2.05, 4.69) is 11.4 Å². The van der Waals surface area contributed by atoms with E-state index in [1.807, 2.05) is 19.1 Å². The Hall–Kier alpha value is -1.54. The quantitative estimate of drug-likeness (QED) is 0.810. The molecule has 0 atom stereocenters. The SMILES string of the molecule is Cc1cc(NCCCS(C)(=O)=O)ccc1C#N. The topological polar surface area (TPSA) is 70.0 Å².